The first-order valence-electron chi connectivity index (χ1n) is 6.95. The summed E-state index contributed by atoms with van der Waals surface area (Å²) in [7, 11) is 0. The fourth-order valence-electron chi connectivity index (χ4n) is 2.42. The van der Waals surface area contributed by atoms with Crippen LogP contribution in [-0.4, -0.2) is 28.4 Å². The zero-order valence-electron chi connectivity index (χ0n) is 11.7. The largest absolute Gasteiger partial charge is 0.480 e. The molecular formula is C16H18ClNO3. The predicted octanol–water partition coefficient (Wildman–Crippen LogP) is 3.11. The molecule has 5 heteroatoms. The van der Waals surface area contributed by atoms with Crippen LogP contribution in [0.15, 0.2) is 36.4 Å². The van der Waals surface area contributed by atoms with E-state index in [1.807, 2.05) is 6.08 Å². The lowest BCUT2D eigenvalue weighted by molar-refractivity contribution is -0.145. The number of hydrogen-bond donors (Lipinski definition) is 1. The molecule has 0 aliphatic heterocycles. The lowest BCUT2D eigenvalue weighted by Crippen LogP contribution is -2.35. The van der Waals surface area contributed by atoms with Crippen LogP contribution in [0.4, 0.5) is 0 Å². The Kier molecular flexibility index (Phi) is 5.39. The molecule has 4 nitrogen and oxygen atoms in total. The molecule has 0 fully saturated rings. The van der Waals surface area contributed by atoms with Crippen LogP contribution in [0.2, 0.25) is 5.02 Å². The molecule has 0 heterocycles. The molecule has 21 heavy (non-hydrogen) atoms. The number of hydrogen-bond acceptors (Lipinski definition) is 2. The molecule has 1 aromatic carbocycles. The van der Waals surface area contributed by atoms with Gasteiger partial charge in [0.2, 0.25) is 5.91 Å². The van der Waals surface area contributed by atoms with E-state index in [-0.39, 0.29) is 18.4 Å². The Hall–Kier alpha value is -1.81. The molecule has 1 N–H and O–H groups in total. The fourth-order valence-corrected chi connectivity index (χ4v) is 2.55. The standard InChI is InChI=1S/C16H18ClNO3/c17-14-7-5-13(6-8-14)10-18(11-16(20)21)15(19)9-12-3-1-2-4-12/h1,3,5-8,12H,2,4,9-11H2,(H,20,21). The Morgan fingerprint density at radius 1 is 1.29 bits per heavy atom. The van der Waals surface area contributed by atoms with E-state index in [9.17, 15) is 9.59 Å². The van der Waals surface area contributed by atoms with E-state index < -0.39 is 5.97 Å². The van der Waals surface area contributed by atoms with Gasteiger partial charge in [-0.05, 0) is 36.5 Å². The van der Waals surface area contributed by atoms with Crippen LogP contribution in [0.3, 0.4) is 0 Å². The van der Waals surface area contributed by atoms with Crippen LogP contribution in [-0.2, 0) is 16.1 Å². The molecule has 1 unspecified atom stereocenters. The summed E-state index contributed by atoms with van der Waals surface area (Å²) in [5.41, 5.74) is 0.871. The third-order valence-corrected chi connectivity index (χ3v) is 3.77. The maximum Gasteiger partial charge on any atom is 0.323 e. The van der Waals surface area contributed by atoms with Crippen molar-refractivity contribution < 1.29 is 14.7 Å². The van der Waals surface area contributed by atoms with Gasteiger partial charge in [0.1, 0.15) is 6.54 Å². The first-order chi connectivity index (χ1) is 10.0. The maximum atomic E-state index is 12.3. The van der Waals surface area contributed by atoms with Crippen molar-refractivity contribution in [3.8, 4) is 0 Å². The molecule has 1 atom stereocenters. The molecule has 0 aromatic heterocycles. The number of allylic oxidation sites excluding steroid dienone is 2. The van der Waals surface area contributed by atoms with Crippen molar-refractivity contribution in [2.75, 3.05) is 6.54 Å². The molecular weight excluding hydrogens is 290 g/mol. The van der Waals surface area contributed by atoms with E-state index in [0.29, 0.717) is 18.0 Å². The van der Waals surface area contributed by atoms with Gasteiger partial charge in [-0.3, -0.25) is 9.59 Å². The number of aliphatic carboxylic acids is 1. The van der Waals surface area contributed by atoms with E-state index in [1.54, 1.807) is 24.3 Å². The highest BCUT2D eigenvalue weighted by molar-refractivity contribution is 6.30. The number of rotatable bonds is 6. The highest BCUT2D eigenvalue weighted by atomic mass is 35.5. The van der Waals surface area contributed by atoms with Gasteiger partial charge in [0.25, 0.3) is 0 Å². The van der Waals surface area contributed by atoms with Crippen LogP contribution < -0.4 is 0 Å². The fraction of sp³-hybridized carbons (Fsp3) is 0.375. The summed E-state index contributed by atoms with van der Waals surface area (Å²) in [6.45, 7) is 0.0105. The number of carboxylic acid groups (broad SMARTS) is 1. The monoisotopic (exact) mass is 307 g/mol. The predicted molar refractivity (Wildman–Crippen MR) is 81.0 cm³/mol. The summed E-state index contributed by atoms with van der Waals surface area (Å²) in [5.74, 6) is -0.887. The van der Waals surface area contributed by atoms with Crippen LogP contribution in [0.1, 0.15) is 24.8 Å². The lowest BCUT2D eigenvalue weighted by atomic mass is 10.0. The van der Waals surface area contributed by atoms with Crippen LogP contribution in [0.5, 0.6) is 0 Å². The number of benzene rings is 1. The van der Waals surface area contributed by atoms with Gasteiger partial charge in [-0.2, -0.15) is 0 Å². The lowest BCUT2D eigenvalue weighted by Gasteiger charge is -2.22. The van der Waals surface area contributed by atoms with Crippen LogP contribution >= 0.6 is 11.6 Å². The molecule has 2 rings (SSSR count). The van der Waals surface area contributed by atoms with Gasteiger partial charge in [-0.1, -0.05) is 35.9 Å². The first kappa shape index (κ1) is 15.6. The van der Waals surface area contributed by atoms with E-state index in [0.717, 1.165) is 18.4 Å². The Bertz CT molecular complexity index is 539. The zero-order chi connectivity index (χ0) is 15.2. The molecule has 0 bridgehead atoms. The molecule has 1 aromatic rings. The molecule has 0 spiro atoms. The molecule has 0 saturated heterocycles. The zero-order valence-corrected chi connectivity index (χ0v) is 12.4. The van der Waals surface area contributed by atoms with Crippen molar-refractivity contribution in [1.29, 1.82) is 0 Å². The van der Waals surface area contributed by atoms with Gasteiger partial charge in [-0.25, -0.2) is 0 Å². The smallest absolute Gasteiger partial charge is 0.323 e. The Labute approximate surface area is 129 Å². The number of halogens is 1. The van der Waals surface area contributed by atoms with Crippen LogP contribution in [0, 0.1) is 5.92 Å². The summed E-state index contributed by atoms with van der Waals surface area (Å²) in [4.78, 5) is 24.7. The van der Waals surface area contributed by atoms with Crippen molar-refractivity contribution in [2.24, 2.45) is 5.92 Å². The minimum atomic E-state index is -1.00. The number of amides is 1. The topological polar surface area (TPSA) is 57.6 Å². The number of nitrogens with zero attached hydrogens (tertiary/aromatic N) is 1. The summed E-state index contributed by atoms with van der Waals surface area (Å²) in [6.07, 6.45) is 6.44. The van der Waals surface area contributed by atoms with Crippen molar-refractivity contribution in [3.63, 3.8) is 0 Å². The number of carboxylic acids is 1. The highest BCUT2D eigenvalue weighted by Gasteiger charge is 2.21. The summed E-state index contributed by atoms with van der Waals surface area (Å²) in [6, 6.07) is 7.08. The average Bonchev–Trinajstić information content (AvgIpc) is 2.93. The van der Waals surface area contributed by atoms with Crippen molar-refractivity contribution in [3.05, 3.63) is 47.0 Å². The van der Waals surface area contributed by atoms with Gasteiger partial charge in [-0.15, -0.1) is 0 Å². The van der Waals surface area contributed by atoms with Gasteiger partial charge in [0.15, 0.2) is 0 Å². The van der Waals surface area contributed by atoms with E-state index in [1.165, 1.54) is 4.90 Å². The first-order valence-corrected chi connectivity index (χ1v) is 7.33. The number of carbonyl (C=O) groups excluding carboxylic acids is 1. The molecule has 0 radical (unpaired) electrons. The van der Waals surface area contributed by atoms with Crippen molar-refractivity contribution >= 4 is 23.5 Å². The quantitative estimate of drug-likeness (QED) is 0.822. The molecule has 1 amide bonds. The van der Waals surface area contributed by atoms with Gasteiger partial charge in [0.05, 0.1) is 0 Å². The second-order valence-corrected chi connectivity index (χ2v) is 5.68. The highest BCUT2D eigenvalue weighted by Crippen LogP contribution is 2.22. The van der Waals surface area contributed by atoms with Crippen molar-refractivity contribution in [2.45, 2.75) is 25.8 Å². The van der Waals surface area contributed by atoms with Gasteiger partial charge >= 0.3 is 5.97 Å². The SMILES string of the molecule is O=C(O)CN(Cc1ccc(Cl)cc1)C(=O)CC1C=CCC1. The minimum Gasteiger partial charge on any atom is -0.480 e. The number of carbonyl (C=O) groups is 2. The van der Waals surface area contributed by atoms with Crippen LogP contribution in [0.25, 0.3) is 0 Å². The molecule has 1 aliphatic carbocycles. The van der Waals surface area contributed by atoms with E-state index in [2.05, 4.69) is 6.08 Å². The summed E-state index contributed by atoms with van der Waals surface area (Å²) >= 11 is 5.83. The summed E-state index contributed by atoms with van der Waals surface area (Å²) < 4.78 is 0. The second kappa shape index (κ2) is 7.27. The van der Waals surface area contributed by atoms with E-state index in [4.69, 9.17) is 16.7 Å². The normalized spacial score (nSPS) is 16.9. The third-order valence-electron chi connectivity index (χ3n) is 3.51. The van der Waals surface area contributed by atoms with Crippen molar-refractivity contribution in [1.82, 2.24) is 4.90 Å². The molecule has 112 valence electrons. The van der Waals surface area contributed by atoms with E-state index >= 15 is 0 Å². The third kappa shape index (κ3) is 4.90. The molecule has 0 saturated carbocycles. The Morgan fingerprint density at radius 3 is 2.57 bits per heavy atom. The van der Waals surface area contributed by atoms with Gasteiger partial charge in [0, 0.05) is 18.0 Å². The second-order valence-electron chi connectivity index (χ2n) is 5.24. The molecule has 1 aliphatic rings. The minimum absolute atomic E-state index is 0.121. The van der Waals surface area contributed by atoms with Gasteiger partial charge < -0.3 is 10.0 Å². The maximum absolute atomic E-state index is 12.3. The Morgan fingerprint density at radius 2 is 2.00 bits per heavy atom. The Balaban J connectivity index is 2.02. The summed E-state index contributed by atoms with van der Waals surface area (Å²) in [5, 5.41) is 9.60. The average molecular weight is 308 g/mol.